The fourth-order valence-corrected chi connectivity index (χ4v) is 2.76. The summed E-state index contributed by atoms with van der Waals surface area (Å²) < 4.78 is 4.42. The van der Waals surface area contributed by atoms with Gasteiger partial charge in [-0.3, -0.25) is 14.4 Å². The second-order valence-electron chi connectivity index (χ2n) is 4.08. The summed E-state index contributed by atoms with van der Waals surface area (Å²) in [6.45, 7) is 3.57. The Bertz CT molecular complexity index is 332. The van der Waals surface area contributed by atoms with Gasteiger partial charge in [0, 0.05) is 5.75 Å². The second kappa shape index (κ2) is 5.39. The van der Waals surface area contributed by atoms with E-state index in [0.29, 0.717) is 12.2 Å². The molecular formula is C10H16N2O4S. The molecule has 0 bridgehead atoms. The summed E-state index contributed by atoms with van der Waals surface area (Å²) in [6, 6.07) is -0.530. The molecule has 1 N–H and O–H groups in total. The summed E-state index contributed by atoms with van der Waals surface area (Å²) in [4.78, 5) is 34.7. The first-order valence-corrected chi connectivity index (χ1v) is 6.13. The van der Waals surface area contributed by atoms with Crippen LogP contribution in [0.1, 0.15) is 13.8 Å². The highest BCUT2D eigenvalue weighted by Crippen LogP contribution is 2.37. The maximum Gasteiger partial charge on any atom is 0.325 e. The van der Waals surface area contributed by atoms with E-state index in [1.165, 1.54) is 23.8 Å². The van der Waals surface area contributed by atoms with Gasteiger partial charge in [0.15, 0.2) is 0 Å². The zero-order valence-corrected chi connectivity index (χ0v) is 10.9. The zero-order chi connectivity index (χ0) is 13.1. The molecule has 0 aromatic carbocycles. The summed E-state index contributed by atoms with van der Waals surface area (Å²) in [5.74, 6) is -0.319. The van der Waals surface area contributed by atoms with Crippen LogP contribution in [0.15, 0.2) is 0 Å². The normalized spacial score (nSPS) is 22.1. The molecule has 2 amide bonds. The van der Waals surface area contributed by atoms with E-state index < -0.39 is 16.9 Å². The number of nitrogens with one attached hydrogen (secondary N) is 1. The lowest BCUT2D eigenvalue weighted by Gasteiger charge is -2.30. The van der Waals surface area contributed by atoms with Crippen molar-refractivity contribution in [3.8, 4) is 0 Å². The molecule has 1 atom stereocenters. The third-order valence-electron chi connectivity index (χ3n) is 2.60. The van der Waals surface area contributed by atoms with E-state index in [-0.39, 0.29) is 12.5 Å². The van der Waals surface area contributed by atoms with Gasteiger partial charge in [0.1, 0.15) is 12.6 Å². The Labute approximate surface area is 104 Å². The predicted octanol–water partition coefficient (Wildman–Crippen LogP) is -0.414. The minimum absolute atomic E-state index is 0.177. The molecule has 1 rings (SSSR count). The van der Waals surface area contributed by atoms with E-state index in [2.05, 4.69) is 10.1 Å². The summed E-state index contributed by atoms with van der Waals surface area (Å²) >= 11 is 1.53. The number of thioether (sulfide) groups is 1. The number of rotatable bonds is 4. The molecule has 0 radical (unpaired) electrons. The maximum atomic E-state index is 11.8. The molecule has 1 aliphatic heterocycles. The van der Waals surface area contributed by atoms with Gasteiger partial charge in [0.2, 0.25) is 12.3 Å². The standard InChI is InChI=1S/C10H16N2O4S/c1-10(2)12(6-13)7(5-17-10)9(15)11-4-8(14)16-3/h6-7H,4-5H2,1-3H3,(H,11,15)/t7-/m1/s1. The number of hydrogen-bond acceptors (Lipinski definition) is 5. The van der Waals surface area contributed by atoms with Crippen LogP contribution in [0.3, 0.4) is 0 Å². The SMILES string of the molecule is COC(=O)CNC(=O)[C@H]1CSC(C)(C)N1C=O. The minimum Gasteiger partial charge on any atom is -0.468 e. The fraction of sp³-hybridized carbons (Fsp3) is 0.700. The van der Waals surface area contributed by atoms with Crippen LogP contribution in [0.5, 0.6) is 0 Å². The molecule has 1 fully saturated rings. The van der Waals surface area contributed by atoms with E-state index in [9.17, 15) is 14.4 Å². The van der Waals surface area contributed by atoms with Crippen molar-refractivity contribution in [2.75, 3.05) is 19.4 Å². The van der Waals surface area contributed by atoms with Crippen molar-refractivity contribution in [1.29, 1.82) is 0 Å². The first-order chi connectivity index (χ1) is 7.92. The lowest BCUT2D eigenvalue weighted by molar-refractivity contribution is -0.142. The molecule has 0 aromatic heterocycles. The van der Waals surface area contributed by atoms with Gasteiger partial charge in [-0.1, -0.05) is 0 Å². The lowest BCUT2D eigenvalue weighted by atomic mass is 10.2. The molecule has 0 aliphatic carbocycles. The molecule has 96 valence electrons. The predicted molar refractivity (Wildman–Crippen MR) is 63.3 cm³/mol. The molecule has 1 aliphatic rings. The number of hydrogen-bond donors (Lipinski definition) is 1. The molecule has 0 aromatic rings. The average molecular weight is 260 g/mol. The lowest BCUT2D eigenvalue weighted by Crippen LogP contribution is -2.50. The Morgan fingerprint density at radius 1 is 1.59 bits per heavy atom. The largest absolute Gasteiger partial charge is 0.468 e. The highest BCUT2D eigenvalue weighted by molar-refractivity contribution is 8.00. The Hall–Kier alpha value is -1.24. The van der Waals surface area contributed by atoms with Crippen molar-refractivity contribution in [3.63, 3.8) is 0 Å². The topological polar surface area (TPSA) is 75.7 Å². The third-order valence-corrected chi connectivity index (χ3v) is 4.00. The highest BCUT2D eigenvalue weighted by atomic mass is 32.2. The molecule has 1 heterocycles. The smallest absolute Gasteiger partial charge is 0.325 e. The average Bonchev–Trinajstić information content (AvgIpc) is 2.60. The molecule has 17 heavy (non-hydrogen) atoms. The number of ether oxygens (including phenoxy) is 1. The van der Waals surface area contributed by atoms with Gasteiger partial charge in [-0.25, -0.2) is 0 Å². The molecular weight excluding hydrogens is 244 g/mol. The van der Waals surface area contributed by atoms with Gasteiger partial charge in [-0.05, 0) is 13.8 Å². The summed E-state index contributed by atoms with van der Waals surface area (Å²) in [6.07, 6.45) is 0.669. The van der Waals surface area contributed by atoms with E-state index >= 15 is 0 Å². The minimum atomic E-state index is -0.530. The molecule has 6 nitrogen and oxygen atoms in total. The van der Waals surface area contributed by atoms with Crippen molar-refractivity contribution in [2.24, 2.45) is 0 Å². The Kier molecular flexibility index (Phi) is 4.39. The van der Waals surface area contributed by atoms with Crippen LogP contribution in [-0.2, 0) is 19.1 Å². The van der Waals surface area contributed by atoms with Gasteiger partial charge in [-0.2, -0.15) is 0 Å². The molecule has 1 saturated heterocycles. The van der Waals surface area contributed by atoms with Crippen molar-refractivity contribution < 1.29 is 19.1 Å². The second-order valence-corrected chi connectivity index (χ2v) is 5.70. The van der Waals surface area contributed by atoms with Crippen molar-refractivity contribution in [2.45, 2.75) is 24.8 Å². The summed E-state index contributed by atoms with van der Waals surface area (Å²) in [7, 11) is 1.25. The van der Waals surface area contributed by atoms with Crippen molar-refractivity contribution >= 4 is 30.0 Å². The van der Waals surface area contributed by atoms with E-state index in [0.717, 1.165) is 0 Å². The van der Waals surface area contributed by atoms with Crippen LogP contribution in [0, 0.1) is 0 Å². The number of carbonyl (C=O) groups is 3. The summed E-state index contributed by atoms with van der Waals surface area (Å²) in [5, 5.41) is 2.45. The number of esters is 1. The van der Waals surface area contributed by atoms with Crippen LogP contribution in [0.4, 0.5) is 0 Å². The highest BCUT2D eigenvalue weighted by Gasteiger charge is 2.42. The molecule has 0 spiro atoms. The van der Waals surface area contributed by atoms with Crippen molar-refractivity contribution in [3.05, 3.63) is 0 Å². The van der Waals surface area contributed by atoms with E-state index in [1.54, 1.807) is 0 Å². The van der Waals surface area contributed by atoms with Gasteiger partial charge in [-0.15, -0.1) is 11.8 Å². The Balaban J connectivity index is 2.58. The third kappa shape index (κ3) is 3.12. The van der Waals surface area contributed by atoms with Crippen molar-refractivity contribution in [1.82, 2.24) is 10.2 Å². The zero-order valence-electron chi connectivity index (χ0n) is 10.1. The maximum absolute atomic E-state index is 11.8. The molecule has 0 unspecified atom stereocenters. The number of carbonyl (C=O) groups excluding carboxylic acids is 3. The van der Waals surface area contributed by atoms with Gasteiger partial charge < -0.3 is 15.0 Å². The first kappa shape index (κ1) is 13.8. The molecule has 7 heteroatoms. The Morgan fingerprint density at radius 2 is 2.24 bits per heavy atom. The van der Waals surface area contributed by atoms with Crippen LogP contribution in [-0.4, -0.2) is 53.5 Å². The van der Waals surface area contributed by atoms with Crippen LogP contribution >= 0.6 is 11.8 Å². The Morgan fingerprint density at radius 3 is 2.76 bits per heavy atom. The number of nitrogens with zero attached hydrogens (tertiary/aromatic N) is 1. The van der Waals surface area contributed by atoms with Crippen LogP contribution < -0.4 is 5.32 Å². The quantitative estimate of drug-likeness (QED) is 0.549. The molecule has 0 saturated carbocycles. The fourth-order valence-electron chi connectivity index (χ4n) is 1.56. The van der Waals surface area contributed by atoms with Gasteiger partial charge >= 0.3 is 5.97 Å². The van der Waals surface area contributed by atoms with E-state index in [1.807, 2.05) is 13.8 Å². The number of methoxy groups -OCH3 is 1. The van der Waals surface area contributed by atoms with E-state index in [4.69, 9.17) is 0 Å². The summed E-state index contributed by atoms with van der Waals surface area (Å²) in [5.41, 5.74) is 0. The van der Waals surface area contributed by atoms with Crippen LogP contribution in [0.2, 0.25) is 0 Å². The van der Waals surface area contributed by atoms with Gasteiger partial charge in [0.25, 0.3) is 0 Å². The first-order valence-electron chi connectivity index (χ1n) is 5.14. The van der Waals surface area contributed by atoms with Crippen LogP contribution in [0.25, 0.3) is 0 Å². The van der Waals surface area contributed by atoms with Gasteiger partial charge in [0.05, 0.1) is 12.0 Å². The monoisotopic (exact) mass is 260 g/mol. The number of amides is 2.